The SMILES string of the molecule is Cc1ccc([C@@H](CNC(=O)N(C)Cc2ccon2)N2CCC(C)CC2)cc1. The maximum Gasteiger partial charge on any atom is 0.317 e. The van der Waals surface area contributed by atoms with Crippen molar-refractivity contribution in [2.75, 3.05) is 26.7 Å². The Hall–Kier alpha value is -2.34. The molecular weight excluding hydrogens is 340 g/mol. The minimum absolute atomic E-state index is 0.0968. The highest BCUT2D eigenvalue weighted by atomic mass is 16.5. The summed E-state index contributed by atoms with van der Waals surface area (Å²) in [7, 11) is 1.77. The highest BCUT2D eigenvalue weighted by Gasteiger charge is 2.25. The molecule has 0 saturated carbocycles. The molecule has 2 aromatic rings. The van der Waals surface area contributed by atoms with Gasteiger partial charge in [0.25, 0.3) is 0 Å². The summed E-state index contributed by atoms with van der Waals surface area (Å²) in [5, 5.41) is 6.97. The fraction of sp³-hybridized carbons (Fsp3) is 0.524. The zero-order chi connectivity index (χ0) is 19.2. The summed E-state index contributed by atoms with van der Waals surface area (Å²) in [6, 6.07) is 10.5. The number of carbonyl (C=O) groups excluding carboxylic acids is 1. The molecule has 1 saturated heterocycles. The maximum atomic E-state index is 12.5. The third kappa shape index (κ3) is 5.32. The Morgan fingerprint density at radius 2 is 2.00 bits per heavy atom. The van der Waals surface area contributed by atoms with Gasteiger partial charge in [-0.3, -0.25) is 4.90 Å². The molecule has 1 fully saturated rings. The molecule has 1 aliphatic rings. The van der Waals surface area contributed by atoms with E-state index >= 15 is 0 Å². The topological polar surface area (TPSA) is 61.6 Å². The van der Waals surface area contributed by atoms with Gasteiger partial charge in [0.15, 0.2) is 0 Å². The Balaban J connectivity index is 1.63. The lowest BCUT2D eigenvalue weighted by Crippen LogP contribution is -2.44. The van der Waals surface area contributed by atoms with Gasteiger partial charge in [-0.05, 0) is 44.3 Å². The molecule has 0 bridgehead atoms. The Labute approximate surface area is 161 Å². The van der Waals surface area contributed by atoms with Gasteiger partial charge in [0.1, 0.15) is 12.0 Å². The molecule has 1 atom stereocenters. The smallest absolute Gasteiger partial charge is 0.317 e. The zero-order valence-corrected chi connectivity index (χ0v) is 16.5. The summed E-state index contributed by atoms with van der Waals surface area (Å²) in [4.78, 5) is 16.7. The molecule has 1 aliphatic heterocycles. The van der Waals surface area contributed by atoms with Crippen LogP contribution in [-0.4, -0.2) is 47.7 Å². The van der Waals surface area contributed by atoms with E-state index in [4.69, 9.17) is 4.52 Å². The second-order valence-electron chi connectivity index (χ2n) is 7.68. The summed E-state index contributed by atoms with van der Waals surface area (Å²) in [5.74, 6) is 0.781. The van der Waals surface area contributed by atoms with Crippen LogP contribution < -0.4 is 5.32 Å². The number of amides is 2. The van der Waals surface area contributed by atoms with Crippen molar-refractivity contribution in [2.24, 2.45) is 5.92 Å². The van der Waals surface area contributed by atoms with Gasteiger partial charge in [-0.1, -0.05) is 41.9 Å². The van der Waals surface area contributed by atoms with Crippen LogP contribution in [0.1, 0.15) is 42.6 Å². The summed E-state index contributed by atoms with van der Waals surface area (Å²) in [5.41, 5.74) is 3.25. The lowest BCUT2D eigenvalue weighted by molar-refractivity contribution is 0.133. The van der Waals surface area contributed by atoms with E-state index in [-0.39, 0.29) is 12.1 Å². The van der Waals surface area contributed by atoms with Gasteiger partial charge in [0.2, 0.25) is 0 Å². The quantitative estimate of drug-likeness (QED) is 0.844. The molecule has 1 aromatic heterocycles. The lowest BCUT2D eigenvalue weighted by atomic mass is 9.95. The largest absolute Gasteiger partial charge is 0.364 e. The molecule has 1 aromatic carbocycles. The van der Waals surface area contributed by atoms with Crippen LogP contribution in [0.2, 0.25) is 0 Å². The van der Waals surface area contributed by atoms with Crippen molar-refractivity contribution >= 4 is 6.03 Å². The second kappa shape index (κ2) is 9.04. The van der Waals surface area contributed by atoms with E-state index in [1.54, 1.807) is 18.0 Å². The summed E-state index contributed by atoms with van der Waals surface area (Å²) in [6.07, 6.45) is 3.94. The molecule has 0 aliphatic carbocycles. The molecule has 1 N–H and O–H groups in total. The third-order valence-electron chi connectivity index (χ3n) is 5.40. The number of carbonyl (C=O) groups is 1. The molecule has 2 heterocycles. The van der Waals surface area contributed by atoms with E-state index in [9.17, 15) is 4.79 Å². The molecular formula is C21H30N4O2. The highest BCUT2D eigenvalue weighted by molar-refractivity contribution is 5.73. The molecule has 0 spiro atoms. The van der Waals surface area contributed by atoms with Crippen molar-refractivity contribution in [3.05, 3.63) is 53.4 Å². The first-order chi connectivity index (χ1) is 13.0. The Kier molecular flexibility index (Phi) is 6.50. The minimum atomic E-state index is -0.0968. The van der Waals surface area contributed by atoms with Crippen molar-refractivity contribution in [2.45, 2.75) is 39.3 Å². The van der Waals surface area contributed by atoms with Crippen LogP contribution in [0.4, 0.5) is 4.79 Å². The van der Waals surface area contributed by atoms with Gasteiger partial charge in [-0.25, -0.2) is 4.79 Å². The number of aryl methyl sites for hydroxylation is 1. The van der Waals surface area contributed by atoms with E-state index < -0.39 is 0 Å². The molecule has 2 amide bonds. The number of nitrogens with zero attached hydrogens (tertiary/aromatic N) is 3. The molecule has 146 valence electrons. The second-order valence-corrected chi connectivity index (χ2v) is 7.68. The van der Waals surface area contributed by atoms with Crippen molar-refractivity contribution in [1.82, 2.24) is 20.3 Å². The van der Waals surface area contributed by atoms with Crippen LogP contribution in [0.3, 0.4) is 0 Å². The number of rotatable bonds is 6. The summed E-state index contributed by atoms with van der Waals surface area (Å²) >= 11 is 0. The fourth-order valence-corrected chi connectivity index (χ4v) is 3.54. The number of piperidine rings is 1. The van der Waals surface area contributed by atoms with Gasteiger partial charge >= 0.3 is 6.03 Å². The van der Waals surface area contributed by atoms with E-state index in [0.29, 0.717) is 13.1 Å². The Morgan fingerprint density at radius 3 is 2.63 bits per heavy atom. The minimum Gasteiger partial charge on any atom is -0.364 e. The van der Waals surface area contributed by atoms with E-state index in [1.165, 1.54) is 30.2 Å². The van der Waals surface area contributed by atoms with Gasteiger partial charge in [0, 0.05) is 19.7 Å². The van der Waals surface area contributed by atoms with Crippen LogP contribution in [0.5, 0.6) is 0 Å². The number of benzene rings is 1. The van der Waals surface area contributed by atoms with Crippen LogP contribution in [0, 0.1) is 12.8 Å². The van der Waals surface area contributed by atoms with Crippen LogP contribution in [-0.2, 0) is 6.54 Å². The summed E-state index contributed by atoms with van der Waals surface area (Å²) < 4.78 is 4.83. The fourth-order valence-electron chi connectivity index (χ4n) is 3.54. The van der Waals surface area contributed by atoms with Crippen molar-refractivity contribution < 1.29 is 9.32 Å². The summed E-state index contributed by atoms with van der Waals surface area (Å²) in [6.45, 7) is 7.59. The monoisotopic (exact) mass is 370 g/mol. The van der Waals surface area contributed by atoms with Crippen LogP contribution >= 0.6 is 0 Å². The molecule has 6 heteroatoms. The predicted octanol–water partition coefficient (Wildman–Crippen LogP) is 3.60. The van der Waals surface area contributed by atoms with Gasteiger partial charge in [-0.2, -0.15) is 0 Å². The van der Waals surface area contributed by atoms with E-state index in [0.717, 1.165) is 24.7 Å². The Morgan fingerprint density at radius 1 is 1.30 bits per heavy atom. The number of hydrogen-bond donors (Lipinski definition) is 1. The van der Waals surface area contributed by atoms with Crippen molar-refractivity contribution in [3.8, 4) is 0 Å². The average molecular weight is 370 g/mol. The first-order valence-electron chi connectivity index (χ1n) is 9.71. The van der Waals surface area contributed by atoms with Crippen LogP contribution in [0.25, 0.3) is 0 Å². The highest BCUT2D eigenvalue weighted by Crippen LogP contribution is 2.26. The standard InChI is InChI=1S/C21H30N4O2/c1-16-4-6-18(7-5-16)20(25-11-8-17(2)9-12-25)14-22-21(26)24(3)15-19-10-13-27-23-19/h4-7,10,13,17,20H,8-9,11-12,14-15H2,1-3H3,(H,22,26)/t20-/m1/s1. The van der Waals surface area contributed by atoms with Crippen LogP contribution in [0.15, 0.2) is 41.1 Å². The van der Waals surface area contributed by atoms with Gasteiger partial charge < -0.3 is 14.7 Å². The number of nitrogens with one attached hydrogen (secondary N) is 1. The molecule has 3 rings (SSSR count). The first kappa shape index (κ1) is 19.4. The third-order valence-corrected chi connectivity index (χ3v) is 5.40. The van der Waals surface area contributed by atoms with E-state index in [2.05, 4.69) is 53.5 Å². The number of likely N-dealkylation sites (tertiary alicyclic amines) is 1. The molecule has 27 heavy (non-hydrogen) atoms. The molecule has 0 unspecified atom stereocenters. The van der Waals surface area contributed by atoms with Gasteiger partial charge in [-0.15, -0.1) is 0 Å². The number of aromatic nitrogens is 1. The molecule has 6 nitrogen and oxygen atoms in total. The zero-order valence-electron chi connectivity index (χ0n) is 16.5. The Bertz CT molecular complexity index is 706. The van der Waals surface area contributed by atoms with Crippen molar-refractivity contribution in [1.29, 1.82) is 0 Å². The van der Waals surface area contributed by atoms with Crippen molar-refractivity contribution in [3.63, 3.8) is 0 Å². The number of urea groups is 1. The first-order valence-corrected chi connectivity index (χ1v) is 9.71. The van der Waals surface area contributed by atoms with Gasteiger partial charge in [0.05, 0.1) is 12.6 Å². The molecule has 0 radical (unpaired) electrons. The number of hydrogen-bond acceptors (Lipinski definition) is 4. The lowest BCUT2D eigenvalue weighted by Gasteiger charge is -2.37. The van der Waals surface area contributed by atoms with E-state index in [1.807, 2.05) is 0 Å². The predicted molar refractivity (Wildman–Crippen MR) is 105 cm³/mol. The normalized spacial score (nSPS) is 16.9. The maximum absolute atomic E-state index is 12.5. The average Bonchev–Trinajstić information content (AvgIpc) is 3.17.